The molecule has 0 spiro atoms. The zero-order chi connectivity index (χ0) is 14.5. The number of aromatic nitrogens is 2. The number of carbonyl (C=O) groups is 1. The van der Waals surface area contributed by atoms with E-state index in [0.29, 0.717) is 22.8 Å². The van der Waals surface area contributed by atoms with Crippen molar-refractivity contribution in [2.75, 3.05) is 12.4 Å². The Kier molecular flexibility index (Phi) is 4.57. The van der Waals surface area contributed by atoms with Crippen LogP contribution in [0.25, 0.3) is 0 Å². The van der Waals surface area contributed by atoms with Gasteiger partial charge in [0.1, 0.15) is 12.4 Å². The third-order valence-electron chi connectivity index (χ3n) is 2.72. The first-order valence-corrected chi connectivity index (χ1v) is 6.37. The van der Waals surface area contributed by atoms with Gasteiger partial charge in [0.05, 0.1) is 11.9 Å². The van der Waals surface area contributed by atoms with Gasteiger partial charge < -0.3 is 10.6 Å². The second-order valence-corrected chi connectivity index (χ2v) is 4.63. The number of anilines is 1. The Bertz CT molecular complexity index is 614. The minimum absolute atomic E-state index is 0.136. The van der Waals surface area contributed by atoms with Gasteiger partial charge in [0.25, 0.3) is 0 Å². The first-order valence-electron chi connectivity index (χ1n) is 5.99. The molecule has 0 atom stereocenters. The second kappa shape index (κ2) is 6.38. The van der Waals surface area contributed by atoms with Crippen molar-refractivity contribution in [3.05, 3.63) is 47.0 Å². The SMILES string of the molecule is CNC(=O)Cn1cc(NCc2ccc(Cl)cc2F)cn1. The maximum Gasteiger partial charge on any atom is 0.241 e. The van der Waals surface area contributed by atoms with Crippen LogP contribution in [-0.4, -0.2) is 22.7 Å². The molecular weight excluding hydrogens is 283 g/mol. The van der Waals surface area contributed by atoms with E-state index in [9.17, 15) is 9.18 Å². The van der Waals surface area contributed by atoms with Gasteiger partial charge in [-0.2, -0.15) is 5.10 Å². The molecule has 0 unspecified atom stereocenters. The number of amides is 1. The maximum atomic E-state index is 13.6. The standard InChI is InChI=1S/C13H14ClFN4O/c1-16-13(20)8-19-7-11(6-18-19)17-5-9-2-3-10(14)4-12(9)15/h2-4,6-7,17H,5,8H2,1H3,(H,16,20). The van der Waals surface area contributed by atoms with E-state index < -0.39 is 0 Å². The lowest BCUT2D eigenvalue weighted by Gasteiger charge is -2.05. The van der Waals surface area contributed by atoms with Crippen LogP contribution in [0.2, 0.25) is 5.02 Å². The van der Waals surface area contributed by atoms with Crippen molar-refractivity contribution in [2.24, 2.45) is 0 Å². The molecular formula is C13H14ClFN4O. The molecule has 2 rings (SSSR count). The molecule has 1 heterocycles. The van der Waals surface area contributed by atoms with E-state index in [1.54, 1.807) is 31.6 Å². The van der Waals surface area contributed by atoms with Crippen LogP contribution in [0, 0.1) is 5.82 Å². The summed E-state index contributed by atoms with van der Waals surface area (Å²) < 4.78 is 15.1. The summed E-state index contributed by atoms with van der Waals surface area (Å²) in [7, 11) is 1.56. The highest BCUT2D eigenvalue weighted by molar-refractivity contribution is 6.30. The summed E-state index contributed by atoms with van der Waals surface area (Å²) in [5.41, 5.74) is 1.22. The predicted octanol–water partition coefficient (Wildman–Crippen LogP) is 2.03. The molecule has 1 aromatic heterocycles. The molecule has 5 nitrogen and oxygen atoms in total. The number of nitrogens with one attached hydrogen (secondary N) is 2. The number of benzene rings is 1. The van der Waals surface area contributed by atoms with E-state index in [-0.39, 0.29) is 18.3 Å². The Balaban J connectivity index is 1.95. The average Bonchev–Trinajstić information content (AvgIpc) is 2.85. The molecule has 1 amide bonds. The van der Waals surface area contributed by atoms with Gasteiger partial charge in [-0.05, 0) is 12.1 Å². The van der Waals surface area contributed by atoms with Gasteiger partial charge >= 0.3 is 0 Å². The van der Waals surface area contributed by atoms with Crippen molar-refractivity contribution in [2.45, 2.75) is 13.1 Å². The molecule has 2 aromatic rings. The highest BCUT2D eigenvalue weighted by Gasteiger charge is 2.05. The number of halogens is 2. The Labute approximate surface area is 120 Å². The number of hydrogen-bond acceptors (Lipinski definition) is 3. The van der Waals surface area contributed by atoms with Crippen molar-refractivity contribution in [1.29, 1.82) is 0 Å². The Morgan fingerprint density at radius 3 is 3.00 bits per heavy atom. The highest BCUT2D eigenvalue weighted by Crippen LogP contribution is 2.16. The van der Waals surface area contributed by atoms with E-state index in [1.165, 1.54) is 10.7 Å². The minimum Gasteiger partial charge on any atom is -0.378 e. The topological polar surface area (TPSA) is 59.0 Å². The van der Waals surface area contributed by atoms with Crippen molar-refractivity contribution in [3.63, 3.8) is 0 Å². The third kappa shape index (κ3) is 3.71. The fourth-order valence-corrected chi connectivity index (χ4v) is 1.79. The van der Waals surface area contributed by atoms with E-state index in [2.05, 4.69) is 15.7 Å². The first kappa shape index (κ1) is 14.3. The van der Waals surface area contributed by atoms with Crippen LogP contribution in [0.4, 0.5) is 10.1 Å². The normalized spacial score (nSPS) is 10.3. The molecule has 0 fully saturated rings. The van der Waals surface area contributed by atoms with E-state index >= 15 is 0 Å². The molecule has 1 aromatic carbocycles. The minimum atomic E-state index is -0.359. The molecule has 0 aliphatic rings. The van der Waals surface area contributed by atoms with Crippen molar-refractivity contribution in [3.8, 4) is 0 Å². The van der Waals surface area contributed by atoms with Crippen LogP contribution in [0.15, 0.2) is 30.6 Å². The summed E-state index contributed by atoms with van der Waals surface area (Å²) in [4.78, 5) is 11.2. The lowest BCUT2D eigenvalue weighted by molar-refractivity contribution is -0.121. The van der Waals surface area contributed by atoms with Crippen LogP contribution in [0.5, 0.6) is 0 Å². The predicted molar refractivity (Wildman–Crippen MR) is 75.0 cm³/mol. The number of hydrogen-bond donors (Lipinski definition) is 2. The molecule has 0 aliphatic heterocycles. The molecule has 106 valence electrons. The summed E-state index contributed by atoms with van der Waals surface area (Å²) >= 11 is 5.69. The lowest BCUT2D eigenvalue weighted by atomic mass is 10.2. The number of rotatable bonds is 5. The zero-order valence-electron chi connectivity index (χ0n) is 10.9. The van der Waals surface area contributed by atoms with Crippen LogP contribution in [-0.2, 0) is 17.9 Å². The van der Waals surface area contributed by atoms with Gasteiger partial charge in [0, 0.05) is 30.4 Å². The van der Waals surface area contributed by atoms with Crippen LogP contribution in [0.1, 0.15) is 5.56 Å². The first-order chi connectivity index (χ1) is 9.58. The van der Waals surface area contributed by atoms with Gasteiger partial charge in [-0.15, -0.1) is 0 Å². The lowest BCUT2D eigenvalue weighted by Crippen LogP contribution is -2.23. The smallest absolute Gasteiger partial charge is 0.241 e. The fraction of sp³-hybridized carbons (Fsp3) is 0.231. The van der Waals surface area contributed by atoms with Crippen LogP contribution in [0.3, 0.4) is 0 Å². The monoisotopic (exact) mass is 296 g/mol. The Morgan fingerprint density at radius 2 is 2.30 bits per heavy atom. The molecule has 0 saturated carbocycles. The van der Waals surface area contributed by atoms with E-state index in [0.717, 1.165) is 0 Å². The maximum absolute atomic E-state index is 13.6. The third-order valence-corrected chi connectivity index (χ3v) is 2.95. The van der Waals surface area contributed by atoms with Crippen LogP contribution >= 0.6 is 11.6 Å². The summed E-state index contributed by atoms with van der Waals surface area (Å²) in [6.45, 7) is 0.460. The highest BCUT2D eigenvalue weighted by atomic mass is 35.5. The second-order valence-electron chi connectivity index (χ2n) is 4.19. The molecule has 0 aliphatic carbocycles. The van der Waals surface area contributed by atoms with Gasteiger partial charge in [0.2, 0.25) is 5.91 Å². The summed E-state index contributed by atoms with van der Waals surface area (Å²) in [6.07, 6.45) is 3.26. The molecule has 7 heteroatoms. The van der Waals surface area contributed by atoms with E-state index in [1.807, 2.05) is 0 Å². The zero-order valence-corrected chi connectivity index (χ0v) is 11.6. The molecule has 0 radical (unpaired) electrons. The van der Waals surface area contributed by atoms with Crippen molar-refractivity contribution < 1.29 is 9.18 Å². The van der Waals surface area contributed by atoms with Crippen molar-refractivity contribution in [1.82, 2.24) is 15.1 Å². The summed E-state index contributed by atoms with van der Waals surface area (Å²) in [5, 5.41) is 9.94. The Hall–Kier alpha value is -2.08. The molecule has 20 heavy (non-hydrogen) atoms. The molecule has 0 saturated heterocycles. The van der Waals surface area contributed by atoms with E-state index in [4.69, 9.17) is 11.6 Å². The van der Waals surface area contributed by atoms with Gasteiger partial charge in [-0.3, -0.25) is 9.48 Å². The van der Waals surface area contributed by atoms with Gasteiger partial charge in [-0.25, -0.2) is 4.39 Å². The van der Waals surface area contributed by atoms with Gasteiger partial charge in [-0.1, -0.05) is 17.7 Å². The fourth-order valence-electron chi connectivity index (χ4n) is 1.63. The summed E-state index contributed by atoms with van der Waals surface area (Å²) in [6, 6.07) is 4.53. The number of likely N-dealkylation sites (N-methyl/N-ethyl adjacent to an activating group) is 1. The Morgan fingerprint density at radius 1 is 1.50 bits per heavy atom. The van der Waals surface area contributed by atoms with Crippen LogP contribution < -0.4 is 10.6 Å². The molecule has 2 N–H and O–H groups in total. The largest absolute Gasteiger partial charge is 0.378 e. The quantitative estimate of drug-likeness (QED) is 0.887. The van der Waals surface area contributed by atoms with Gasteiger partial charge in [0.15, 0.2) is 0 Å². The summed E-state index contributed by atoms with van der Waals surface area (Å²) in [5.74, 6) is -0.494. The van der Waals surface area contributed by atoms with Crippen molar-refractivity contribution >= 4 is 23.2 Å². The molecule has 0 bridgehead atoms. The number of carbonyl (C=O) groups excluding carboxylic acids is 1. The average molecular weight is 297 g/mol. The number of nitrogens with zero attached hydrogens (tertiary/aromatic N) is 2.